The van der Waals surface area contributed by atoms with Gasteiger partial charge in [-0.1, -0.05) is 6.92 Å². The third kappa shape index (κ3) is 6.43. The molecule has 1 aromatic carbocycles. The Balaban J connectivity index is 1.89. The second-order valence-corrected chi connectivity index (χ2v) is 9.19. The predicted molar refractivity (Wildman–Crippen MR) is 123 cm³/mol. The molecule has 0 saturated heterocycles. The third-order valence-corrected chi connectivity index (χ3v) is 6.32. The highest BCUT2D eigenvalue weighted by Gasteiger charge is 2.31. The van der Waals surface area contributed by atoms with Crippen molar-refractivity contribution in [3.8, 4) is 5.75 Å². The summed E-state index contributed by atoms with van der Waals surface area (Å²) in [5, 5.41) is 2.76. The molecule has 1 aliphatic carbocycles. The van der Waals surface area contributed by atoms with Crippen LogP contribution in [0.1, 0.15) is 37.0 Å². The fourth-order valence-electron chi connectivity index (χ4n) is 4.14. The molecule has 1 heterocycles. The van der Waals surface area contributed by atoms with Crippen LogP contribution in [-0.2, 0) is 14.3 Å². The average molecular weight is 448 g/mol. The zero-order valence-electron chi connectivity index (χ0n) is 19.9. The fraction of sp³-hybridized carbons (Fsp3) is 0.667. The van der Waals surface area contributed by atoms with Crippen molar-refractivity contribution in [3.05, 3.63) is 23.8 Å². The molecule has 8 nitrogen and oxygen atoms in total. The quantitative estimate of drug-likeness (QED) is 0.722. The van der Waals surface area contributed by atoms with Gasteiger partial charge < -0.3 is 24.4 Å². The number of ether oxygens (including phenoxy) is 3. The molecule has 2 aliphatic rings. The van der Waals surface area contributed by atoms with Crippen molar-refractivity contribution in [1.82, 2.24) is 9.80 Å². The fourth-order valence-corrected chi connectivity index (χ4v) is 4.14. The summed E-state index contributed by atoms with van der Waals surface area (Å²) in [5.41, 5.74) is 0.954. The van der Waals surface area contributed by atoms with E-state index in [1.165, 1.54) is 20.0 Å². The first kappa shape index (κ1) is 24.5. The number of anilines is 1. The Kier molecular flexibility index (Phi) is 8.51. The minimum atomic E-state index is -0.278. The van der Waals surface area contributed by atoms with Gasteiger partial charge in [-0.15, -0.1) is 0 Å². The number of nitrogens with zero attached hydrogens (tertiary/aromatic N) is 2. The molecule has 2 amide bonds. The topological polar surface area (TPSA) is 80.3 Å². The van der Waals surface area contributed by atoms with Gasteiger partial charge in [-0.2, -0.15) is 0 Å². The van der Waals surface area contributed by atoms with E-state index in [2.05, 4.69) is 24.1 Å². The third-order valence-electron chi connectivity index (χ3n) is 6.32. The van der Waals surface area contributed by atoms with Gasteiger partial charge in [-0.3, -0.25) is 14.5 Å². The van der Waals surface area contributed by atoms with Crippen LogP contribution in [0.5, 0.6) is 5.75 Å². The van der Waals surface area contributed by atoms with Crippen LogP contribution in [0.2, 0.25) is 0 Å². The van der Waals surface area contributed by atoms with Crippen molar-refractivity contribution in [3.63, 3.8) is 0 Å². The zero-order chi connectivity index (χ0) is 23.3. The Hall–Kier alpha value is -2.16. The molecule has 0 spiro atoms. The molecule has 0 bridgehead atoms. The van der Waals surface area contributed by atoms with Crippen molar-refractivity contribution in [1.29, 1.82) is 0 Å². The molecule has 1 N–H and O–H groups in total. The number of rotatable bonds is 6. The monoisotopic (exact) mass is 447 g/mol. The van der Waals surface area contributed by atoms with Crippen LogP contribution in [0, 0.1) is 11.8 Å². The molecule has 0 aromatic heterocycles. The van der Waals surface area contributed by atoms with E-state index in [4.69, 9.17) is 14.2 Å². The van der Waals surface area contributed by atoms with Gasteiger partial charge in [0.2, 0.25) is 5.91 Å². The highest BCUT2D eigenvalue weighted by molar-refractivity contribution is 5.99. The Morgan fingerprint density at radius 1 is 1.22 bits per heavy atom. The SMILES string of the molecule is COCC(=O)Nc1ccc2c(c1)C(=O)N(C)C[C@H](OC)[C@@H](C)CN(CC1CC1)[C@@H](C)CO2. The van der Waals surface area contributed by atoms with Crippen LogP contribution < -0.4 is 10.1 Å². The molecule has 1 saturated carbocycles. The van der Waals surface area contributed by atoms with Gasteiger partial charge in [0.25, 0.3) is 5.91 Å². The highest BCUT2D eigenvalue weighted by atomic mass is 16.5. The number of nitrogens with one attached hydrogen (secondary N) is 1. The van der Waals surface area contributed by atoms with Crippen LogP contribution in [0.3, 0.4) is 0 Å². The van der Waals surface area contributed by atoms with Gasteiger partial charge in [0, 0.05) is 52.6 Å². The van der Waals surface area contributed by atoms with Gasteiger partial charge >= 0.3 is 0 Å². The lowest BCUT2D eigenvalue weighted by Gasteiger charge is -2.36. The van der Waals surface area contributed by atoms with Gasteiger partial charge in [-0.25, -0.2) is 0 Å². The van der Waals surface area contributed by atoms with E-state index in [1.54, 1.807) is 37.3 Å². The van der Waals surface area contributed by atoms with Crippen LogP contribution in [-0.4, -0.2) is 87.9 Å². The van der Waals surface area contributed by atoms with E-state index in [0.29, 0.717) is 30.2 Å². The normalized spacial score (nSPS) is 25.3. The van der Waals surface area contributed by atoms with E-state index in [-0.39, 0.29) is 36.5 Å². The van der Waals surface area contributed by atoms with Crippen LogP contribution in [0.25, 0.3) is 0 Å². The first-order chi connectivity index (χ1) is 15.3. The lowest BCUT2D eigenvalue weighted by molar-refractivity contribution is -0.119. The molecule has 8 heteroatoms. The Labute approximate surface area is 191 Å². The molecule has 178 valence electrons. The summed E-state index contributed by atoms with van der Waals surface area (Å²) in [6.07, 6.45) is 2.51. The summed E-state index contributed by atoms with van der Waals surface area (Å²) in [7, 11) is 4.95. The summed E-state index contributed by atoms with van der Waals surface area (Å²) >= 11 is 0. The lowest BCUT2D eigenvalue weighted by Crippen LogP contribution is -2.47. The van der Waals surface area contributed by atoms with Gasteiger partial charge in [0.15, 0.2) is 0 Å². The average Bonchev–Trinajstić information content (AvgIpc) is 3.58. The smallest absolute Gasteiger partial charge is 0.257 e. The number of hydrogen-bond acceptors (Lipinski definition) is 6. The summed E-state index contributed by atoms with van der Waals surface area (Å²) in [5.74, 6) is 1.11. The standard InChI is InChI=1S/C24H37N3O5/c1-16-11-27(12-18-6-7-18)17(2)14-32-21-9-8-19(25-23(28)15-30-4)10-20(21)24(29)26(3)13-22(16)31-5/h8-10,16-18,22H,6-7,11-15H2,1-5H3,(H,25,28)/t16-,17-,22-/m0/s1. The summed E-state index contributed by atoms with van der Waals surface area (Å²) in [4.78, 5) is 29.4. The van der Waals surface area contributed by atoms with E-state index < -0.39 is 0 Å². The Bertz CT molecular complexity index is 798. The lowest BCUT2D eigenvalue weighted by atomic mass is 10.0. The van der Waals surface area contributed by atoms with Gasteiger partial charge in [0.1, 0.15) is 19.0 Å². The minimum Gasteiger partial charge on any atom is -0.491 e. The maximum atomic E-state index is 13.3. The molecular formula is C24H37N3O5. The largest absolute Gasteiger partial charge is 0.491 e. The molecule has 1 fully saturated rings. The number of likely N-dealkylation sites (N-methyl/N-ethyl adjacent to an activating group) is 1. The molecule has 3 rings (SSSR count). The number of hydrogen-bond donors (Lipinski definition) is 1. The molecule has 1 aromatic rings. The van der Waals surface area contributed by atoms with E-state index >= 15 is 0 Å². The predicted octanol–water partition coefficient (Wildman–Crippen LogP) is 2.49. The van der Waals surface area contributed by atoms with E-state index in [0.717, 1.165) is 19.0 Å². The molecule has 0 unspecified atom stereocenters. The van der Waals surface area contributed by atoms with Gasteiger partial charge in [0.05, 0.1) is 11.7 Å². The van der Waals surface area contributed by atoms with E-state index in [1.807, 2.05) is 0 Å². The number of benzene rings is 1. The second-order valence-electron chi connectivity index (χ2n) is 9.19. The first-order valence-corrected chi connectivity index (χ1v) is 11.4. The Morgan fingerprint density at radius 2 is 1.97 bits per heavy atom. The number of carbonyl (C=O) groups is 2. The van der Waals surface area contributed by atoms with E-state index in [9.17, 15) is 9.59 Å². The summed E-state index contributed by atoms with van der Waals surface area (Å²) in [6, 6.07) is 5.38. The van der Waals surface area contributed by atoms with Crippen molar-refractivity contribution < 1.29 is 23.8 Å². The molecule has 3 atom stereocenters. The number of methoxy groups -OCH3 is 2. The summed E-state index contributed by atoms with van der Waals surface area (Å²) < 4.78 is 16.8. The molecular weight excluding hydrogens is 410 g/mol. The van der Waals surface area contributed by atoms with Crippen molar-refractivity contribution >= 4 is 17.5 Å². The molecule has 0 radical (unpaired) electrons. The van der Waals surface area contributed by atoms with Crippen LogP contribution in [0.4, 0.5) is 5.69 Å². The zero-order valence-corrected chi connectivity index (χ0v) is 19.9. The highest BCUT2D eigenvalue weighted by Crippen LogP contribution is 2.31. The number of fused-ring (bicyclic) bond motifs is 1. The van der Waals surface area contributed by atoms with Gasteiger partial charge in [-0.05, 0) is 49.8 Å². The summed E-state index contributed by atoms with van der Waals surface area (Å²) in [6.45, 7) is 7.23. The van der Waals surface area contributed by atoms with Crippen molar-refractivity contribution in [2.24, 2.45) is 11.8 Å². The number of carbonyl (C=O) groups excluding carboxylic acids is 2. The molecule has 1 aliphatic heterocycles. The maximum Gasteiger partial charge on any atom is 0.257 e. The van der Waals surface area contributed by atoms with Crippen LogP contribution >= 0.6 is 0 Å². The molecule has 32 heavy (non-hydrogen) atoms. The minimum absolute atomic E-state index is 0.0524. The number of amides is 2. The maximum absolute atomic E-state index is 13.3. The first-order valence-electron chi connectivity index (χ1n) is 11.4. The van der Waals surface area contributed by atoms with Crippen molar-refractivity contribution in [2.45, 2.75) is 38.8 Å². The second kappa shape index (κ2) is 11.1. The van der Waals surface area contributed by atoms with Crippen molar-refractivity contribution in [2.75, 3.05) is 59.4 Å². The van der Waals surface area contributed by atoms with Crippen LogP contribution in [0.15, 0.2) is 18.2 Å². The Morgan fingerprint density at radius 3 is 2.62 bits per heavy atom.